The first kappa shape index (κ1) is 15.7. The largest absolute Gasteiger partial charge is 0.334 e. The van der Waals surface area contributed by atoms with E-state index in [0.29, 0.717) is 20.9 Å². The molecule has 1 aromatic heterocycles. The molecule has 0 bridgehead atoms. The Balaban J connectivity index is 1.94. The fourth-order valence-electron chi connectivity index (χ4n) is 1.38. The first-order chi connectivity index (χ1) is 10.0. The van der Waals surface area contributed by atoms with Crippen molar-refractivity contribution in [3.8, 4) is 0 Å². The highest BCUT2D eigenvalue weighted by atomic mass is 35.5. The SMILES string of the molecule is NNc1nnc(SCC(=O)Nc2ccc(Cl)cc2Cl)n1N. The van der Waals surface area contributed by atoms with Crippen LogP contribution in [0, 0.1) is 0 Å². The van der Waals surface area contributed by atoms with Crippen LogP contribution in [0.1, 0.15) is 0 Å². The molecule has 8 nitrogen and oxygen atoms in total. The summed E-state index contributed by atoms with van der Waals surface area (Å²) in [7, 11) is 0. The van der Waals surface area contributed by atoms with Crippen molar-refractivity contribution in [1.82, 2.24) is 14.9 Å². The first-order valence-corrected chi connectivity index (χ1v) is 7.30. The van der Waals surface area contributed by atoms with Gasteiger partial charge >= 0.3 is 0 Å². The molecule has 21 heavy (non-hydrogen) atoms. The number of rotatable bonds is 5. The number of halogens is 2. The van der Waals surface area contributed by atoms with Gasteiger partial charge in [-0.05, 0) is 18.2 Å². The smallest absolute Gasteiger partial charge is 0.258 e. The highest BCUT2D eigenvalue weighted by molar-refractivity contribution is 7.99. The van der Waals surface area contributed by atoms with Gasteiger partial charge in [0.2, 0.25) is 11.1 Å². The van der Waals surface area contributed by atoms with Crippen molar-refractivity contribution < 1.29 is 4.79 Å². The molecule has 1 aromatic carbocycles. The van der Waals surface area contributed by atoms with Gasteiger partial charge < -0.3 is 11.2 Å². The Morgan fingerprint density at radius 3 is 2.76 bits per heavy atom. The number of amides is 1. The number of benzene rings is 1. The van der Waals surface area contributed by atoms with Crippen molar-refractivity contribution in [3.63, 3.8) is 0 Å². The van der Waals surface area contributed by atoms with Gasteiger partial charge in [-0.2, -0.15) is 0 Å². The second-order valence-corrected chi connectivity index (χ2v) is 5.57. The number of nitrogens with one attached hydrogen (secondary N) is 2. The first-order valence-electron chi connectivity index (χ1n) is 5.56. The summed E-state index contributed by atoms with van der Waals surface area (Å²) in [6, 6.07) is 4.79. The lowest BCUT2D eigenvalue weighted by molar-refractivity contribution is -0.113. The fraction of sp³-hybridized carbons (Fsp3) is 0.100. The van der Waals surface area contributed by atoms with Crippen LogP contribution in [0.3, 0.4) is 0 Å². The van der Waals surface area contributed by atoms with E-state index in [1.807, 2.05) is 0 Å². The Morgan fingerprint density at radius 1 is 1.38 bits per heavy atom. The molecule has 0 radical (unpaired) electrons. The number of carbonyl (C=O) groups is 1. The van der Waals surface area contributed by atoms with E-state index in [4.69, 9.17) is 34.9 Å². The van der Waals surface area contributed by atoms with Crippen molar-refractivity contribution in [2.24, 2.45) is 5.84 Å². The Kier molecular flexibility index (Phi) is 5.12. The van der Waals surface area contributed by atoms with Crippen molar-refractivity contribution in [3.05, 3.63) is 28.2 Å². The van der Waals surface area contributed by atoms with Crippen molar-refractivity contribution in [2.45, 2.75) is 5.16 Å². The Hall–Kier alpha value is -1.68. The molecule has 11 heteroatoms. The number of hydrazine groups is 1. The number of hydrogen-bond donors (Lipinski definition) is 4. The molecule has 0 spiro atoms. The maximum absolute atomic E-state index is 11.8. The highest BCUT2D eigenvalue weighted by Gasteiger charge is 2.12. The number of nitrogens with two attached hydrogens (primary N) is 2. The lowest BCUT2D eigenvalue weighted by Gasteiger charge is -2.07. The van der Waals surface area contributed by atoms with Gasteiger partial charge in [-0.25, -0.2) is 10.5 Å². The number of thioether (sulfide) groups is 1. The van der Waals surface area contributed by atoms with Crippen LogP contribution in [0.5, 0.6) is 0 Å². The monoisotopic (exact) mass is 347 g/mol. The van der Waals surface area contributed by atoms with E-state index in [1.165, 1.54) is 0 Å². The number of nitrogen functional groups attached to an aromatic ring is 2. The molecule has 1 heterocycles. The Morgan fingerprint density at radius 2 is 2.14 bits per heavy atom. The maximum atomic E-state index is 11.8. The van der Waals surface area contributed by atoms with E-state index in [-0.39, 0.29) is 17.6 Å². The third kappa shape index (κ3) is 3.91. The molecular formula is C10H11Cl2N7OS. The molecule has 6 N–H and O–H groups in total. The number of nitrogens with zero attached hydrogens (tertiary/aromatic N) is 3. The number of hydrogen-bond acceptors (Lipinski definition) is 7. The highest BCUT2D eigenvalue weighted by Crippen LogP contribution is 2.25. The predicted octanol–water partition coefficient (Wildman–Crippen LogP) is 1.32. The van der Waals surface area contributed by atoms with Gasteiger partial charge in [-0.3, -0.25) is 10.2 Å². The van der Waals surface area contributed by atoms with Crippen molar-refractivity contribution in [1.29, 1.82) is 0 Å². The molecule has 0 aliphatic carbocycles. The maximum Gasteiger partial charge on any atom is 0.258 e. The zero-order valence-electron chi connectivity index (χ0n) is 10.5. The van der Waals surface area contributed by atoms with E-state index in [0.717, 1.165) is 16.4 Å². The van der Waals surface area contributed by atoms with E-state index >= 15 is 0 Å². The van der Waals surface area contributed by atoms with E-state index in [9.17, 15) is 4.79 Å². The van der Waals surface area contributed by atoms with E-state index < -0.39 is 0 Å². The zero-order chi connectivity index (χ0) is 15.4. The lowest BCUT2D eigenvalue weighted by Crippen LogP contribution is -2.19. The summed E-state index contributed by atoms with van der Waals surface area (Å²) in [4.78, 5) is 11.8. The second-order valence-electron chi connectivity index (χ2n) is 3.78. The molecule has 0 aliphatic heterocycles. The standard InChI is InChI=1S/C10H11Cl2N7OS/c11-5-1-2-7(6(12)3-5)15-8(20)4-21-10-18-17-9(16-13)19(10)14/h1-3H,4,13-14H2,(H,15,20)(H,16,17). The number of aromatic nitrogens is 3. The molecular weight excluding hydrogens is 337 g/mol. The van der Waals surface area contributed by atoms with E-state index in [1.54, 1.807) is 18.2 Å². The van der Waals surface area contributed by atoms with Crippen LogP contribution < -0.4 is 22.4 Å². The quantitative estimate of drug-likeness (QED) is 0.365. The third-order valence-electron chi connectivity index (χ3n) is 2.33. The average Bonchev–Trinajstić information content (AvgIpc) is 2.80. The summed E-state index contributed by atoms with van der Waals surface area (Å²) >= 11 is 12.8. The second kappa shape index (κ2) is 6.85. The van der Waals surface area contributed by atoms with Gasteiger partial charge in [0.25, 0.3) is 5.95 Å². The van der Waals surface area contributed by atoms with E-state index in [2.05, 4.69) is 20.9 Å². The van der Waals surface area contributed by atoms with Crippen molar-refractivity contribution in [2.75, 3.05) is 22.3 Å². The lowest BCUT2D eigenvalue weighted by atomic mass is 10.3. The molecule has 0 atom stereocenters. The summed E-state index contributed by atoms with van der Waals surface area (Å²) < 4.78 is 1.15. The van der Waals surface area contributed by atoms with Gasteiger partial charge in [0.05, 0.1) is 16.5 Å². The minimum Gasteiger partial charge on any atom is -0.334 e. The van der Waals surface area contributed by atoms with Crippen LogP contribution in [0.4, 0.5) is 11.6 Å². The Labute approximate surface area is 134 Å². The summed E-state index contributed by atoms with van der Waals surface area (Å²) in [6.45, 7) is 0. The van der Waals surface area contributed by atoms with Crippen LogP contribution in [0.15, 0.2) is 23.4 Å². The molecule has 112 valence electrons. The summed E-state index contributed by atoms with van der Waals surface area (Å²) in [5, 5.41) is 11.3. The molecule has 1 amide bonds. The average molecular weight is 348 g/mol. The van der Waals surface area contributed by atoms with Crippen LogP contribution in [-0.2, 0) is 4.79 Å². The van der Waals surface area contributed by atoms with Gasteiger partial charge in [0.15, 0.2) is 0 Å². The molecule has 0 fully saturated rings. The minimum atomic E-state index is -0.269. The fourth-order valence-corrected chi connectivity index (χ4v) is 2.49. The number of carbonyl (C=O) groups excluding carboxylic acids is 1. The number of anilines is 2. The van der Waals surface area contributed by atoms with Gasteiger partial charge in [-0.15, -0.1) is 10.2 Å². The topological polar surface area (TPSA) is 124 Å². The van der Waals surface area contributed by atoms with Crippen LogP contribution >= 0.6 is 35.0 Å². The summed E-state index contributed by atoms with van der Waals surface area (Å²) in [5.74, 6) is 10.8. The van der Waals surface area contributed by atoms with Gasteiger partial charge in [0, 0.05) is 5.02 Å². The normalized spacial score (nSPS) is 10.4. The molecule has 2 aromatic rings. The molecule has 0 unspecified atom stereocenters. The molecule has 2 rings (SSSR count). The van der Waals surface area contributed by atoms with Crippen molar-refractivity contribution >= 4 is 52.5 Å². The molecule has 0 aliphatic rings. The van der Waals surface area contributed by atoms with Crippen LogP contribution in [0.2, 0.25) is 10.0 Å². The summed E-state index contributed by atoms with van der Waals surface area (Å²) in [6.07, 6.45) is 0. The summed E-state index contributed by atoms with van der Waals surface area (Å²) in [5.41, 5.74) is 2.75. The molecule has 0 saturated carbocycles. The third-order valence-corrected chi connectivity index (χ3v) is 3.82. The van der Waals surface area contributed by atoms with Crippen LogP contribution in [-0.4, -0.2) is 26.5 Å². The Bertz CT molecular complexity index is 663. The zero-order valence-corrected chi connectivity index (χ0v) is 12.8. The minimum absolute atomic E-state index is 0.0822. The predicted molar refractivity (Wildman–Crippen MR) is 83.8 cm³/mol. The van der Waals surface area contributed by atoms with Gasteiger partial charge in [-0.1, -0.05) is 35.0 Å². The van der Waals surface area contributed by atoms with Crippen LogP contribution in [0.25, 0.3) is 0 Å². The van der Waals surface area contributed by atoms with Gasteiger partial charge in [0.1, 0.15) is 0 Å². The molecule has 0 saturated heterocycles.